The van der Waals surface area contributed by atoms with Gasteiger partial charge in [-0.05, 0) is 25.6 Å². The fraction of sp³-hybridized carbons (Fsp3) is 0.444. The van der Waals surface area contributed by atoms with E-state index in [-0.39, 0.29) is 20.1 Å². The largest absolute Gasteiger partial charge is 0.388 e. The number of rotatable bonds is 1. The van der Waals surface area contributed by atoms with Crippen molar-refractivity contribution in [2.24, 2.45) is 0 Å². The van der Waals surface area contributed by atoms with E-state index in [1.54, 1.807) is 0 Å². The molecular formula is C9H13BIrN3. The Morgan fingerprint density at radius 2 is 2.21 bits per heavy atom. The fourth-order valence-electron chi connectivity index (χ4n) is 1.56. The zero-order valence-corrected chi connectivity index (χ0v) is 10.8. The van der Waals surface area contributed by atoms with Gasteiger partial charge in [0.25, 0.3) is 0 Å². The van der Waals surface area contributed by atoms with Gasteiger partial charge in [-0.3, -0.25) is 0 Å². The van der Waals surface area contributed by atoms with Crippen molar-refractivity contribution in [3.63, 3.8) is 0 Å². The van der Waals surface area contributed by atoms with Crippen LogP contribution in [0.3, 0.4) is 0 Å². The average molecular weight is 366 g/mol. The van der Waals surface area contributed by atoms with Gasteiger partial charge in [0.05, 0.1) is 0 Å². The van der Waals surface area contributed by atoms with Crippen LogP contribution in [0.1, 0.15) is 5.56 Å². The van der Waals surface area contributed by atoms with Crippen LogP contribution in [0.4, 0.5) is 5.82 Å². The van der Waals surface area contributed by atoms with E-state index in [0.717, 1.165) is 18.9 Å². The molecule has 5 heteroatoms. The second-order valence-electron chi connectivity index (χ2n) is 3.43. The van der Waals surface area contributed by atoms with Gasteiger partial charge in [0, 0.05) is 39.4 Å². The molecule has 0 amide bonds. The zero-order valence-electron chi connectivity index (χ0n) is 8.40. The predicted molar refractivity (Wildman–Crippen MR) is 54.7 cm³/mol. The molecule has 0 saturated carbocycles. The van der Waals surface area contributed by atoms with Gasteiger partial charge in [0.15, 0.2) is 0 Å². The third-order valence-electron chi connectivity index (χ3n) is 2.28. The number of aryl methyl sites for hydroxylation is 1. The zero-order chi connectivity index (χ0) is 9.26. The maximum absolute atomic E-state index is 4.36. The minimum absolute atomic E-state index is 0. The van der Waals surface area contributed by atoms with Gasteiger partial charge in [-0.15, -0.1) is 0 Å². The molecule has 0 unspecified atom stereocenters. The Labute approximate surface area is 99.1 Å². The molecule has 0 aromatic carbocycles. The Bertz CT molecular complexity index is 308. The molecular weight excluding hydrogens is 353 g/mol. The second kappa shape index (κ2) is 4.92. The Morgan fingerprint density at radius 1 is 1.43 bits per heavy atom. The number of pyridine rings is 1. The smallest absolute Gasteiger partial charge is 0.353 e. The molecule has 0 atom stereocenters. The van der Waals surface area contributed by atoms with Gasteiger partial charge in [-0.2, -0.15) is 0 Å². The normalized spacial score (nSPS) is 16.3. The molecule has 0 N–H and O–H groups in total. The van der Waals surface area contributed by atoms with Crippen LogP contribution in [0.25, 0.3) is 0 Å². The molecule has 1 aliphatic heterocycles. The van der Waals surface area contributed by atoms with E-state index in [1.165, 1.54) is 5.56 Å². The monoisotopic (exact) mass is 367 g/mol. The minimum atomic E-state index is 0. The van der Waals surface area contributed by atoms with Gasteiger partial charge < -0.3 is 9.62 Å². The molecule has 76 valence electrons. The molecule has 1 fully saturated rings. The number of aromatic nitrogens is 1. The molecule has 3 nitrogen and oxygen atoms in total. The molecule has 1 aromatic heterocycles. The molecule has 1 saturated heterocycles. The summed E-state index contributed by atoms with van der Waals surface area (Å²) in [6, 6.07) is 4.06. The van der Waals surface area contributed by atoms with Crippen molar-refractivity contribution in [3.8, 4) is 0 Å². The van der Waals surface area contributed by atoms with E-state index in [4.69, 9.17) is 0 Å². The van der Waals surface area contributed by atoms with E-state index >= 15 is 0 Å². The van der Waals surface area contributed by atoms with Crippen molar-refractivity contribution in [2.75, 3.05) is 24.9 Å². The summed E-state index contributed by atoms with van der Waals surface area (Å²) in [5.74, 6) is 1.08. The molecule has 2 heterocycles. The maximum atomic E-state index is 4.36. The molecule has 0 aliphatic carbocycles. The number of hydrogen-bond donors (Lipinski definition) is 0. The van der Waals surface area contributed by atoms with Crippen molar-refractivity contribution < 1.29 is 20.1 Å². The molecule has 1 aliphatic rings. The van der Waals surface area contributed by atoms with E-state index in [0.29, 0.717) is 0 Å². The summed E-state index contributed by atoms with van der Waals surface area (Å²) in [6.45, 7) is 4.21. The van der Waals surface area contributed by atoms with Crippen LogP contribution in [-0.4, -0.2) is 37.5 Å². The summed E-state index contributed by atoms with van der Waals surface area (Å²) in [6.07, 6.45) is 1.84. The molecule has 2 radical (unpaired) electrons. The van der Waals surface area contributed by atoms with Gasteiger partial charge in [-0.25, -0.2) is 4.98 Å². The number of hydrogen-bond acceptors (Lipinski definition) is 3. The summed E-state index contributed by atoms with van der Waals surface area (Å²) >= 11 is 0. The standard InChI is InChI=1S/C9H13BN3.Ir/c1-8-4-3-5-11-9(8)13-7-6-12(2)10-13;/h3-5H,6-7H2,1-2H3;. The van der Waals surface area contributed by atoms with Crippen molar-refractivity contribution in [3.05, 3.63) is 23.9 Å². The first-order valence-electron chi connectivity index (χ1n) is 4.51. The first-order valence-corrected chi connectivity index (χ1v) is 4.51. The van der Waals surface area contributed by atoms with Crippen LogP contribution in [-0.2, 0) is 20.1 Å². The van der Waals surface area contributed by atoms with E-state index < -0.39 is 0 Å². The van der Waals surface area contributed by atoms with Crippen molar-refractivity contribution >= 4 is 13.4 Å². The fourth-order valence-corrected chi connectivity index (χ4v) is 1.56. The first kappa shape index (κ1) is 11.7. The quantitative estimate of drug-likeness (QED) is 0.682. The Hall–Kier alpha value is -0.376. The van der Waals surface area contributed by atoms with Crippen LogP contribution < -0.4 is 4.81 Å². The van der Waals surface area contributed by atoms with E-state index in [9.17, 15) is 0 Å². The maximum Gasteiger partial charge on any atom is 0.353 e. The summed E-state index contributed by atoms with van der Waals surface area (Å²) in [5, 5.41) is 0. The number of nitrogens with zero attached hydrogens (tertiary/aromatic N) is 3. The minimum Gasteiger partial charge on any atom is -0.388 e. The van der Waals surface area contributed by atoms with E-state index in [1.807, 2.05) is 12.3 Å². The SMILES string of the molecule is Cc1cccnc1N1[B]N(C)CC1.[Ir]. The van der Waals surface area contributed by atoms with Crippen LogP contribution in [0.15, 0.2) is 18.3 Å². The summed E-state index contributed by atoms with van der Waals surface area (Å²) in [5.41, 5.74) is 1.23. The third-order valence-corrected chi connectivity index (χ3v) is 2.28. The van der Waals surface area contributed by atoms with Crippen molar-refractivity contribution in [2.45, 2.75) is 6.92 Å². The molecule has 14 heavy (non-hydrogen) atoms. The van der Waals surface area contributed by atoms with Crippen LogP contribution in [0.5, 0.6) is 0 Å². The topological polar surface area (TPSA) is 19.4 Å². The summed E-state index contributed by atoms with van der Waals surface area (Å²) in [4.78, 5) is 8.73. The van der Waals surface area contributed by atoms with Gasteiger partial charge in [0.1, 0.15) is 5.82 Å². The van der Waals surface area contributed by atoms with Crippen LogP contribution in [0.2, 0.25) is 0 Å². The number of anilines is 1. The third kappa shape index (κ3) is 2.35. The second-order valence-corrected chi connectivity index (χ2v) is 3.43. The Morgan fingerprint density at radius 3 is 2.79 bits per heavy atom. The first-order chi connectivity index (χ1) is 6.27. The van der Waals surface area contributed by atoms with Gasteiger partial charge >= 0.3 is 7.55 Å². The van der Waals surface area contributed by atoms with Crippen molar-refractivity contribution in [1.82, 2.24) is 9.79 Å². The summed E-state index contributed by atoms with van der Waals surface area (Å²) in [7, 11) is 4.19. The predicted octanol–water partition coefficient (Wildman–Crippen LogP) is 0.674. The molecule has 0 bridgehead atoms. The van der Waals surface area contributed by atoms with Crippen LogP contribution in [0, 0.1) is 6.92 Å². The molecule has 0 spiro atoms. The Kier molecular flexibility index (Phi) is 4.11. The van der Waals surface area contributed by atoms with Gasteiger partial charge in [-0.1, -0.05) is 6.07 Å². The average Bonchev–Trinajstić information content (AvgIpc) is 2.53. The summed E-state index contributed by atoms with van der Waals surface area (Å²) < 4.78 is 0. The number of likely N-dealkylation sites (N-methyl/N-ethyl adjacent to an activating group) is 1. The molecule has 1 aromatic rings. The van der Waals surface area contributed by atoms with Gasteiger partial charge in [0.2, 0.25) is 0 Å². The Balaban J connectivity index is 0.000000980. The van der Waals surface area contributed by atoms with E-state index in [2.05, 4.69) is 42.2 Å². The van der Waals surface area contributed by atoms with Crippen molar-refractivity contribution in [1.29, 1.82) is 0 Å². The van der Waals surface area contributed by atoms with Crippen LogP contribution >= 0.6 is 0 Å². The molecule has 2 rings (SSSR count).